The van der Waals surface area contributed by atoms with Crippen LogP contribution in [0.25, 0.3) is 0 Å². The van der Waals surface area contributed by atoms with Crippen molar-refractivity contribution in [2.45, 2.75) is 26.9 Å². The highest BCUT2D eigenvalue weighted by Gasteiger charge is 2.19. The topological polar surface area (TPSA) is 53.3 Å². The molecule has 1 rings (SSSR count). The lowest BCUT2D eigenvalue weighted by Crippen LogP contribution is -2.40. The van der Waals surface area contributed by atoms with Crippen LogP contribution < -0.4 is 4.74 Å². The van der Waals surface area contributed by atoms with Gasteiger partial charge < -0.3 is 9.64 Å². The Hall–Kier alpha value is -2.02. The first kappa shape index (κ1) is 14.0. The Bertz CT molecular complexity index is 430. The standard InChI is InChI=1S/C14H18N2O2/c1-4-16(5-2)14(17)11(3)18-13-8-6-12(10-15)7-9-13/h6-9,11H,4-5H2,1-3H3. The number of rotatable bonds is 5. The lowest BCUT2D eigenvalue weighted by Gasteiger charge is -2.23. The first-order chi connectivity index (χ1) is 8.62. The second-order valence-electron chi connectivity index (χ2n) is 3.91. The molecule has 1 unspecified atom stereocenters. The Labute approximate surface area is 108 Å². The highest BCUT2D eigenvalue weighted by Crippen LogP contribution is 2.14. The minimum Gasteiger partial charge on any atom is -0.481 e. The van der Waals surface area contributed by atoms with Gasteiger partial charge in [0.1, 0.15) is 5.75 Å². The highest BCUT2D eigenvalue weighted by atomic mass is 16.5. The van der Waals surface area contributed by atoms with Crippen molar-refractivity contribution >= 4 is 5.91 Å². The molecule has 4 heteroatoms. The molecule has 1 atom stereocenters. The van der Waals surface area contributed by atoms with Gasteiger partial charge in [0.2, 0.25) is 0 Å². The van der Waals surface area contributed by atoms with Crippen molar-refractivity contribution in [1.82, 2.24) is 4.90 Å². The van der Waals surface area contributed by atoms with Gasteiger partial charge in [-0.25, -0.2) is 0 Å². The van der Waals surface area contributed by atoms with Gasteiger partial charge in [0.05, 0.1) is 11.6 Å². The molecular weight excluding hydrogens is 228 g/mol. The Morgan fingerprint density at radius 1 is 1.33 bits per heavy atom. The monoisotopic (exact) mass is 246 g/mol. The van der Waals surface area contributed by atoms with Crippen LogP contribution in [0.15, 0.2) is 24.3 Å². The number of hydrogen-bond donors (Lipinski definition) is 0. The molecule has 1 aromatic carbocycles. The van der Waals surface area contributed by atoms with E-state index in [1.165, 1.54) is 0 Å². The smallest absolute Gasteiger partial charge is 0.263 e. The molecule has 18 heavy (non-hydrogen) atoms. The van der Waals surface area contributed by atoms with Crippen LogP contribution in [0.2, 0.25) is 0 Å². The van der Waals surface area contributed by atoms with E-state index in [1.54, 1.807) is 36.1 Å². The number of ether oxygens (including phenoxy) is 1. The summed E-state index contributed by atoms with van der Waals surface area (Å²) in [6.07, 6.45) is -0.516. The van der Waals surface area contributed by atoms with Gasteiger partial charge in [0.15, 0.2) is 6.10 Å². The zero-order valence-corrected chi connectivity index (χ0v) is 11.0. The Kier molecular flexibility index (Phi) is 5.19. The molecule has 4 nitrogen and oxygen atoms in total. The zero-order chi connectivity index (χ0) is 13.5. The maximum Gasteiger partial charge on any atom is 0.263 e. The van der Waals surface area contributed by atoms with Crippen molar-refractivity contribution in [2.75, 3.05) is 13.1 Å². The van der Waals surface area contributed by atoms with Crippen molar-refractivity contribution in [2.24, 2.45) is 0 Å². The lowest BCUT2D eigenvalue weighted by atomic mass is 10.2. The van der Waals surface area contributed by atoms with Crippen LogP contribution in [0.1, 0.15) is 26.3 Å². The number of carbonyl (C=O) groups is 1. The van der Waals surface area contributed by atoms with Crippen LogP contribution >= 0.6 is 0 Å². The molecule has 0 N–H and O–H groups in total. The van der Waals surface area contributed by atoms with Gasteiger partial charge in [-0.15, -0.1) is 0 Å². The molecular formula is C14H18N2O2. The van der Waals surface area contributed by atoms with Gasteiger partial charge in [-0.05, 0) is 45.0 Å². The quantitative estimate of drug-likeness (QED) is 0.800. The van der Waals surface area contributed by atoms with E-state index in [0.29, 0.717) is 24.4 Å². The number of likely N-dealkylation sites (N-methyl/N-ethyl adjacent to an activating group) is 1. The van der Waals surface area contributed by atoms with E-state index in [9.17, 15) is 4.79 Å². The fraction of sp³-hybridized carbons (Fsp3) is 0.429. The molecule has 0 saturated heterocycles. The fourth-order valence-electron chi connectivity index (χ4n) is 1.65. The van der Waals surface area contributed by atoms with Gasteiger partial charge in [0.25, 0.3) is 5.91 Å². The van der Waals surface area contributed by atoms with E-state index < -0.39 is 6.10 Å². The third-order valence-electron chi connectivity index (χ3n) is 2.72. The van der Waals surface area contributed by atoms with Gasteiger partial charge in [-0.3, -0.25) is 4.79 Å². The van der Waals surface area contributed by atoms with Gasteiger partial charge in [0, 0.05) is 13.1 Å². The molecule has 1 amide bonds. The number of benzene rings is 1. The lowest BCUT2D eigenvalue weighted by molar-refractivity contribution is -0.137. The third-order valence-corrected chi connectivity index (χ3v) is 2.72. The Balaban J connectivity index is 2.66. The van der Waals surface area contributed by atoms with Crippen molar-refractivity contribution in [3.8, 4) is 11.8 Å². The summed E-state index contributed by atoms with van der Waals surface area (Å²) in [6.45, 7) is 6.97. The summed E-state index contributed by atoms with van der Waals surface area (Å²) in [5.74, 6) is 0.575. The molecule has 0 fully saturated rings. The van der Waals surface area contributed by atoms with E-state index in [2.05, 4.69) is 0 Å². The van der Waals surface area contributed by atoms with Crippen LogP contribution in [0.4, 0.5) is 0 Å². The fourth-order valence-corrected chi connectivity index (χ4v) is 1.65. The first-order valence-corrected chi connectivity index (χ1v) is 6.08. The summed E-state index contributed by atoms with van der Waals surface area (Å²) in [7, 11) is 0. The predicted octanol–water partition coefficient (Wildman–Crippen LogP) is 2.19. The van der Waals surface area contributed by atoms with Gasteiger partial charge in [-0.1, -0.05) is 0 Å². The van der Waals surface area contributed by atoms with E-state index in [0.717, 1.165) is 0 Å². The molecule has 0 bridgehead atoms. The predicted molar refractivity (Wildman–Crippen MR) is 69.2 cm³/mol. The summed E-state index contributed by atoms with van der Waals surface area (Å²) in [5, 5.41) is 8.68. The molecule has 1 aromatic rings. The molecule has 0 aliphatic heterocycles. The van der Waals surface area contributed by atoms with E-state index in [-0.39, 0.29) is 5.91 Å². The summed E-state index contributed by atoms with van der Waals surface area (Å²) < 4.78 is 5.56. The summed E-state index contributed by atoms with van der Waals surface area (Å²) >= 11 is 0. The van der Waals surface area contributed by atoms with E-state index in [1.807, 2.05) is 19.9 Å². The summed E-state index contributed by atoms with van der Waals surface area (Å²) in [4.78, 5) is 13.7. The highest BCUT2D eigenvalue weighted by molar-refractivity contribution is 5.80. The average molecular weight is 246 g/mol. The molecule has 0 aliphatic carbocycles. The Morgan fingerprint density at radius 2 is 1.89 bits per heavy atom. The second kappa shape index (κ2) is 6.65. The van der Waals surface area contributed by atoms with Gasteiger partial charge >= 0.3 is 0 Å². The zero-order valence-electron chi connectivity index (χ0n) is 11.0. The number of nitrogens with zero attached hydrogens (tertiary/aromatic N) is 2. The molecule has 96 valence electrons. The van der Waals surface area contributed by atoms with Gasteiger partial charge in [-0.2, -0.15) is 5.26 Å². The van der Waals surface area contributed by atoms with Crippen LogP contribution in [0.3, 0.4) is 0 Å². The van der Waals surface area contributed by atoms with Crippen molar-refractivity contribution in [3.05, 3.63) is 29.8 Å². The summed E-state index contributed by atoms with van der Waals surface area (Å²) in [6, 6.07) is 8.78. The Morgan fingerprint density at radius 3 is 2.33 bits per heavy atom. The maximum absolute atomic E-state index is 12.0. The van der Waals surface area contributed by atoms with Crippen LogP contribution in [0.5, 0.6) is 5.75 Å². The molecule has 0 aromatic heterocycles. The van der Waals surface area contributed by atoms with Crippen molar-refractivity contribution in [3.63, 3.8) is 0 Å². The molecule has 0 spiro atoms. The van der Waals surface area contributed by atoms with Crippen molar-refractivity contribution in [1.29, 1.82) is 5.26 Å². The number of amides is 1. The molecule has 0 heterocycles. The summed E-state index contributed by atoms with van der Waals surface area (Å²) in [5.41, 5.74) is 0.574. The van der Waals surface area contributed by atoms with Crippen LogP contribution in [-0.2, 0) is 4.79 Å². The number of hydrogen-bond acceptors (Lipinski definition) is 3. The van der Waals surface area contributed by atoms with Crippen LogP contribution in [-0.4, -0.2) is 30.0 Å². The second-order valence-corrected chi connectivity index (χ2v) is 3.91. The molecule has 0 radical (unpaired) electrons. The minimum absolute atomic E-state index is 0.0237. The molecule has 0 saturated carbocycles. The average Bonchev–Trinajstić information content (AvgIpc) is 2.40. The normalized spacial score (nSPS) is 11.4. The van der Waals surface area contributed by atoms with Crippen LogP contribution in [0, 0.1) is 11.3 Å². The van der Waals surface area contributed by atoms with E-state index >= 15 is 0 Å². The molecule has 0 aliphatic rings. The number of nitriles is 1. The van der Waals surface area contributed by atoms with Crippen molar-refractivity contribution < 1.29 is 9.53 Å². The minimum atomic E-state index is -0.516. The SMILES string of the molecule is CCN(CC)C(=O)C(C)Oc1ccc(C#N)cc1. The third kappa shape index (κ3) is 3.49. The first-order valence-electron chi connectivity index (χ1n) is 6.08. The van der Waals surface area contributed by atoms with E-state index in [4.69, 9.17) is 10.00 Å². The maximum atomic E-state index is 12.0. The largest absolute Gasteiger partial charge is 0.481 e. The number of carbonyl (C=O) groups excluding carboxylic acids is 1.